The van der Waals surface area contributed by atoms with Crippen molar-refractivity contribution in [3.05, 3.63) is 46.5 Å². The number of rotatable bonds is 5. The number of halogens is 2. The number of nitrogens with one attached hydrogen (secondary N) is 1. The molecule has 1 aliphatic carbocycles. The van der Waals surface area contributed by atoms with Gasteiger partial charge < -0.3 is 5.32 Å². The predicted molar refractivity (Wildman–Crippen MR) is 94.9 cm³/mol. The van der Waals surface area contributed by atoms with Gasteiger partial charge in [-0.25, -0.2) is 8.78 Å². The molecular formula is C20H23F2NO2. The van der Waals surface area contributed by atoms with Gasteiger partial charge in [-0.2, -0.15) is 0 Å². The number of carbonyl (C=O) groups excluding carboxylic acids is 2. The Labute approximate surface area is 146 Å². The van der Waals surface area contributed by atoms with Crippen LogP contribution in [0.3, 0.4) is 0 Å². The molecule has 1 fully saturated rings. The predicted octanol–water partition coefficient (Wildman–Crippen LogP) is 4.74. The summed E-state index contributed by atoms with van der Waals surface area (Å²) in [7, 11) is 0. The summed E-state index contributed by atoms with van der Waals surface area (Å²) >= 11 is 0. The Kier molecular flexibility index (Phi) is 6.62. The van der Waals surface area contributed by atoms with Crippen LogP contribution >= 0.6 is 0 Å². The molecule has 0 saturated heterocycles. The van der Waals surface area contributed by atoms with E-state index in [0.29, 0.717) is 6.29 Å². The van der Waals surface area contributed by atoms with Gasteiger partial charge in [-0.05, 0) is 26.7 Å². The van der Waals surface area contributed by atoms with Crippen molar-refractivity contribution >= 4 is 23.8 Å². The number of carbonyl (C=O) groups is 2. The molecule has 1 aromatic carbocycles. The second-order valence-electron chi connectivity index (χ2n) is 6.44. The van der Waals surface area contributed by atoms with Crippen LogP contribution in [0.2, 0.25) is 0 Å². The van der Waals surface area contributed by atoms with Gasteiger partial charge in [-0.1, -0.05) is 43.5 Å². The highest BCUT2D eigenvalue weighted by atomic mass is 19.1. The van der Waals surface area contributed by atoms with E-state index >= 15 is 0 Å². The van der Waals surface area contributed by atoms with Gasteiger partial charge in [-0.15, -0.1) is 0 Å². The minimum absolute atomic E-state index is 0.0124. The van der Waals surface area contributed by atoms with Crippen molar-refractivity contribution in [1.82, 2.24) is 5.32 Å². The second-order valence-corrected chi connectivity index (χ2v) is 6.44. The largest absolute Gasteiger partial charge is 0.350 e. The van der Waals surface area contributed by atoms with Crippen molar-refractivity contribution in [3.8, 4) is 0 Å². The van der Waals surface area contributed by atoms with Crippen LogP contribution in [0.15, 0.2) is 35.4 Å². The molecule has 0 atom stereocenters. The SMILES string of the molecule is C/C(C=O)=C(/F)c1ccc(/C(F)=C(\C)C(=O)NC2CCCCC2)cc1. The van der Waals surface area contributed by atoms with Gasteiger partial charge in [0.05, 0.1) is 5.57 Å². The average molecular weight is 347 g/mol. The number of hydrogen-bond acceptors (Lipinski definition) is 2. The van der Waals surface area contributed by atoms with Crippen LogP contribution in [-0.2, 0) is 9.59 Å². The quantitative estimate of drug-likeness (QED) is 0.618. The Bertz CT molecular complexity index is 699. The van der Waals surface area contributed by atoms with Crippen LogP contribution < -0.4 is 5.32 Å². The Morgan fingerprint density at radius 3 is 2.04 bits per heavy atom. The Hall–Kier alpha value is -2.30. The standard InChI is InChI=1S/C20H23F2NO2/c1-13(12-24)18(21)15-8-10-16(11-9-15)19(22)14(2)20(25)23-17-6-4-3-5-7-17/h8-12,17H,3-7H2,1-2H3,(H,23,25)/b18-13-,19-14-. The van der Waals surface area contributed by atoms with E-state index in [1.165, 1.54) is 44.5 Å². The summed E-state index contributed by atoms with van der Waals surface area (Å²) in [6.45, 7) is 2.81. The van der Waals surface area contributed by atoms with Gasteiger partial charge in [0.2, 0.25) is 5.91 Å². The fraction of sp³-hybridized carbons (Fsp3) is 0.400. The van der Waals surface area contributed by atoms with Crippen LogP contribution in [0.4, 0.5) is 8.78 Å². The number of hydrogen-bond donors (Lipinski definition) is 1. The second kappa shape index (κ2) is 8.70. The zero-order valence-corrected chi connectivity index (χ0v) is 14.6. The smallest absolute Gasteiger partial charge is 0.250 e. The lowest BCUT2D eigenvalue weighted by Gasteiger charge is -2.23. The molecule has 0 heterocycles. The first-order valence-electron chi connectivity index (χ1n) is 8.53. The molecule has 0 aromatic heterocycles. The fourth-order valence-electron chi connectivity index (χ4n) is 2.90. The third-order valence-corrected chi connectivity index (χ3v) is 4.53. The molecule has 1 aromatic rings. The molecule has 1 saturated carbocycles. The fourth-order valence-corrected chi connectivity index (χ4v) is 2.90. The van der Waals surface area contributed by atoms with Crippen LogP contribution in [-0.4, -0.2) is 18.2 Å². The summed E-state index contributed by atoms with van der Waals surface area (Å²) in [4.78, 5) is 22.8. The van der Waals surface area contributed by atoms with E-state index in [9.17, 15) is 18.4 Å². The molecule has 134 valence electrons. The molecule has 1 amide bonds. The van der Waals surface area contributed by atoms with E-state index in [2.05, 4.69) is 5.32 Å². The highest BCUT2D eigenvalue weighted by Crippen LogP contribution is 2.25. The van der Waals surface area contributed by atoms with Crippen molar-refractivity contribution in [2.45, 2.75) is 52.0 Å². The molecule has 1 aliphatic rings. The Morgan fingerprint density at radius 1 is 1.00 bits per heavy atom. The van der Waals surface area contributed by atoms with Gasteiger partial charge in [0.1, 0.15) is 17.9 Å². The molecular weight excluding hydrogens is 324 g/mol. The van der Waals surface area contributed by atoms with Crippen molar-refractivity contribution in [3.63, 3.8) is 0 Å². The topological polar surface area (TPSA) is 46.2 Å². The van der Waals surface area contributed by atoms with E-state index in [1.54, 1.807) is 0 Å². The highest BCUT2D eigenvalue weighted by Gasteiger charge is 2.19. The number of amides is 1. The van der Waals surface area contributed by atoms with E-state index in [0.717, 1.165) is 25.7 Å². The summed E-state index contributed by atoms with van der Waals surface area (Å²) < 4.78 is 28.4. The summed E-state index contributed by atoms with van der Waals surface area (Å²) in [5.74, 6) is -1.68. The molecule has 5 heteroatoms. The molecule has 1 N–H and O–H groups in total. The van der Waals surface area contributed by atoms with Gasteiger partial charge >= 0.3 is 0 Å². The minimum Gasteiger partial charge on any atom is -0.350 e. The summed E-state index contributed by atoms with van der Waals surface area (Å²) in [5, 5.41) is 2.88. The van der Waals surface area contributed by atoms with Crippen LogP contribution in [0, 0.1) is 0 Å². The van der Waals surface area contributed by atoms with Gasteiger partial charge in [0.15, 0.2) is 0 Å². The molecule has 3 nitrogen and oxygen atoms in total. The lowest BCUT2D eigenvalue weighted by molar-refractivity contribution is -0.118. The first-order valence-corrected chi connectivity index (χ1v) is 8.53. The molecule has 0 bridgehead atoms. The maximum atomic E-state index is 14.5. The minimum atomic E-state index is -0.641. The summed E-state index contributed by atoms with van der Waals surface area (Å²) in [6.07, 6.45) is 5.63. The maximum absolute atomic E-state index is 14.5. The molecule has 0 spiro atoms. The lowest BCUT2D eigenvalue weighted by Crippen LogP contribution is -2.36. The summed E-state index contributed by atoms with van der Waals surface area (Å²) in [5.41, 5.74) is 0.396. The van der Waals surface area contributed by atoms with Crippen molar-refractivity contribution in [2.24, 2.45) is 0 Å². The number of benzene rings is 1. The molecule has 0 aliphatic heterocycles. The van der Waals surface area contributed by atoms with Gasteiger partial charge in [0.25, 0.3) is 0 Å². The zero-order valence-electron chi connectivity index (χ0n) is 14.6. The van der Waals surface area contributed by atoms with E-state index in [4.69, 9.17) is 0 Å². The van der Waals surface area contributed by atoms with Crippen molar-refractivity contribution in [1.29, 1.82) is 0 Å². The summed E-state index contributed by atoms with van der Waals surface area (Å²) in [6, 6.07) is 5.70. The molecule has 0 unspecified atom stereocenters. The highest BCUT2D eigenvalue weighted by molar-refractivity contribution is 5.99. The number of allylic oxidation sites excluding steroid dienone is 1. The van der Waals surface area contributed by atoms with Crippen LogP contribution in [0.5, 0.6) is 0 Å². The molecule has 0 radical (unpaired) electrons. The van der Waals surface area contributed by atoms with Crippen molar-refractivity contribution < 1.29 is 18.4 Å². The van der Waals surface area contributed by atoms with Crippen LogP contribution in [0.1, 0.15) is 57.1 Å². The van der Waals surface area contributed by atoms with E-state index < -0.39 is 17.6 Å². The first kappa shape index (κ1) is 19.0. The van der Waals surface area contributed by atoms with E-state index in [1.807, 2.05) is 0 Å². The van der Waals surface area contributed by atoms with Crippen molar-refractivity contribution in [2.75, 3.05) is 0 Å². The first-order chi connectivity index (χ1) is 11.9. The zero-order chi connectivity index (χ0) is 18.4. The average Bonchev–Trinajstić information content (AvgIpc) is 2.66. The van der Waals surface area contributed by atoms with Crippen LogP contribution in [0.25, 0.3) is 11.7 Å². The third kappa shape index (κ3) is 4.84. The third-order valence-electron chi connectivity index (χ3n) is 4.53. The Morgan fingerprint density at radius 2 is 1.52 bits per heavy atom. The molecule has 25 heavy (non-hydrogen) atoms. The molecule has 2 rings (SSSR count). The maximum Gasteiger partial charge on any atom is 0.250 e. The van der Waals surface area contributed by atoms with Gasteiger partial charge in [-0.3, -0.25) is 9.59 Å². The Balaban J connectivity index is 2.14. The number of aldehydes is 1. The van der Waals surface area contributed by atoms with Gasteiger partial charge in [0, 0.05) is 22.7 Å². The normalized spacial score (nSPS) is 17.4. The lowest BCUT2D eigenvalue weighted by atomic mass is 9.95. The monoisotopic (exact) mass is 347 g/mol. The van der Waals surface area contributed by atoms with E-state index in [-0.39, 0.29) is 28.3 Å².